The number of rotatable bonds is 4. The van der Waals surface area contributed by atoms with Crippen molar-refractivity contribution in [2.75, 3.05) is 11.4 Å². The monoisotopic (exact) mass is 230 g/mol. The van der Waals surface area contributed by atoms with E-state index in [2.05, 4.69) is 16.8 Å². The average molecular weight is 230 g/mol. The summed E-state index contributed by atoms with van der Waals surface area (Å²) in [4.78, 5) is 6.09. The molecule has 1 heterocycles. The molecule has 88 valence electrons. The molecule has 0 radical (unpaired) electrons. The molecular formula is C14H15FN2. The van der Waals surface area contributed by atoms with Gasteiger partial charge in [-0.05, 0) is 36.8 Å². The molecule has 0 aliphatic carbocycles. The number of hydrogen-bond donors (Lipinski definition) is 0. The first kappa shape index (κ1) is 11.6. The molecule has 1 aromatic heterocycles. The first-order valence-corrected chi connectivity index (χ1v) is 5.74. The van der Waals surface area contributed by atoms with E-state index in [9.17, 15) is 4.39 Å². The largest absolute Gasteiger partial charge is 0.341 e. The van der Waals surface area contributed by atoms with Gasteiger partial charge in [0, 0.05) is 30.3 Å². The fourth-order valence-corrected chi connectivity index (χ4v) is 1.80. The summed E-state index contributed by atoms with van der Waals surface area (Å²) in [6.45, 7) is 2.96. The van der Waals surface area contributed by atoms with Crippen molar-refractivity contribution in [1.82, 2.24) is 4.98 Å². The molecule has 0 spiro atoms. The van der Waals surface area contributed by atoms with E-state index >= 15 is 0 Å². The lowest BCUT2D eigenvalue weighted by Gasteiger charge is -2.24. The van der Waals surface area contributed by atoms with Crippen LogP contribution in [0.2, 0.25) is 0 Å². The molecule has 0 aliphatic heterocycles. The quantitative estimate of drug-likeness (QED) is 0.794. The van der Waals surface area contributed by atoms with Gasteiger partial charge in [0.05, 0.1) is 0 Å². The van der Waals surface area contributed by atoms with Crippen molar-refractivity contribution in [3.63, 3.8) is 0 Å². The van der Waals surface area contributed by atoms with E-state index in [0.717, 1.165) is 24.3 Å². The number of hydrogen-bond acceptors (Lipinski definition) is 2. The third-order valence-corrected chi connectivity index (χ3v) is 2.54. The van der Waals surface area contributed by atoms with Gasteiger partial charge in [0.1, 0.15) is 5.82 Å². The zero-order valence-electron chi connectivity index (χ0n) is 9.81. The number of benzene rings is 1. The standard InChI is InChI=1S/C14H15FN2/c1-2-10-17(13-6-8-16-9-7-13)14-5-3-4-12(15)11-14/h3-9,11H,2,10H2,1H3. The Balaban J connectivity index is 2.35. The first-order valence-electron chi connectivity index (χ1n) is 5.74. The molecule has 0 saturated carbocycles. The summed E-state index contributed by atoms with van der Waals surface area (Å²) in [6, 6.07) is 10.5. The highest BCUT2D eigenvalue weighted by Gasteiger charge is 2.08. The molecule has 1 aromatic carbocycles. The molecule has 3 heteroatoms. The highest BCUT2D eigenvalue weighted by atomic mass is 19.1. The normalized spacial score (nSPS) is 10.2. The number of halogens is 1. The Bertz CT molecular complexity index is 471. The minimum absolute atomic E-state index is 0.211. The Labute approximate surface area is 101 Å². The van der Waals surface area contributed by atoms with E-state index in [4.69, 9.17) is 0 Å². The minimum atomic E-state index is -0.211. The molecule has 2 aromatic rings. The van der Waals surface area contributed by atoms with E-state index in [-0.39, 0.29) is 5.82 Å². The summed E-state index contributed by atoms with van der Waals surface area (Å²) in [5.41, 5.74) is 1.91. The Morgan fingerprint density at radius 2 is 1.88 bits per heavy atom. The Morgan fingerprint density at radius 1 is 1.12 bits per heavy atom. The second-order valence-electron chi connectivity index (χ2n) is 3.84. The second-order valence-corrected chi connectivity index (χ2v) is 3.84. The minimum Gasteiger partial charge on any atom is -0.341 e. The van der Waals surface area contributed by atoms with Crippen molar-refractivity contribution in [1.29, 1.82) is 0 Å². The van der Waals surface area contributed by atoms with Gasteiger partial charge in [0.2, 0.25) is 0 Å². The Morgan fingerprint density at radius 3 is 2.53 bits per heavy atom. The molecule has 2 nitrogen and oxygen atoms in total. The van der Waals surface area contributed by atoms with Crippen molar-refractivity contribution in [3.8, 4) is 0 Å². The van der Waals surface area contributed by atoms with Crippen LogP contribution in [-0.4, -0.2) is 11.5 Å². The number of anilines is 2. The summed E-state index contributed by atoms with van der Waals surface area (Å²) in [7, 11) is 0. The van der Waals surface area contributed by atoms with Gasteiger partial charge < -0.3 is 4.90 Å². The van der Waals surface area contributed by atoms with E-state index in [1.54, 1.807) is 24.5 Å². The molecule has 0 bridgehead atoms. The van der Waals surface area contributed by atoms with Crippen LogP contribution in [0.1, 0.15) is 13.3 Å². The summed E-state index contributed by atoms with van der Waals surface area (Å²) in [5.74, 6) is -0.211. The molecule has 0 fully saturated rings. The van der Waals surface area contributed by atoms with Crippen LogP contribution < -0.4 is 4.90 Å². The van der Waals surface area contributed by atoms with Crippen LogP contribution in [0.15, 0.2) is 48.8 Å². The van der Waals surface area contributed by atoms with Gasteiger partial charge >= 0.3 is 0 Å². The maximum absolute atomic E-state index is 13.2. The fourth-order valence-electron chi connectivity index (χ4n) is 1.80. The fraction of sp³-hybridized carbons (Fsp3) is 0.214. The third kappa shape index (κ3) is 2.81. The van der Waals surface area contributed by atoms with Gasteiger partial charge in [-0.1, -0.05) is 13.0 Å². The van der Waals surface area contributed by atoms with Crippen molar-refractivity contribution in [2.45, 2.75) is 13.3 Å². The summed E-state index contributed by atoms with van der Waals surface area (Å²) in [5, 5.41) is 0. The summed E-state index contributed by atoms with van der Waals surface area (Å²) in [6.07, 6.45) is 4.49. The van der Waals surface area contributed by atoms with Gasteiger partial charge in [-0.25, -0.2) is 4.39 Å². The Hall–Kier alpha value is -1.90. The first-order chi connectivity index (χ1) is 8.31. The number of aromatic nitrogens is 1. The lowest BCUT2D eigenvalue weighted by atomic mass is 10.2. The zero-order valence-corrected chi connectivity index (χ0v) is 9.81. The van der Waals surface area contributed by atoms with Crippen LogP contribution in [0.4, 0.5) is 15.8 Å². The molecule has 0 atom stereocenters. The molecule has 0 aliphatic rings. The van der Waals surface area contributed by atoms with Crippen LogP contribution in [0.5, 0.6) is 0 Å². The maximum atomic E-state index is 13.2. The summed E-state index contributed by atoms with van der Waals surface area (Å²) >= 11 is 0. The van der Waals surface area contributed by atoms with E-state index in [1.165, 1.54) is 6.07 Å². The van der Waals surface area contributed by atoms with Gasteiger partial charge in [0.15, 0.2) is 0 Å². The van der Waals surface area contributed by atoms with Crippen molar-refractivity contribution >= 4 is 11.4 Å². The zero-order chi connectivity index (χ0) is 12.1. The van der Waals surface area contributed by atoms with Gasteiger partial charge in [-0.15, -0.1) is 0 Å². The number of nitrogens with zero attached hydrogens (tertiary/aromatic N) is 2. The lowest BCUT2D eigenvalue weighted by Crippen LogP contribution is -2.17. The molecule has 2 rings (SSSR count). The van der Waals surface area contributed by atoms with Crippen LogP contribution >= 0.6 is 0 Å². The third-order valence-electron chi connectivity index (χ3n) is 2.54. The predicted molar refractivity (Wildman–Crippen MR) is 67.9 cm³/mol. The molecule has 0 unspecified atom stereocenters. The van der Waals surface area contributed by atoms with E-state index < -0.39 is 0 Å². The molecule has 0 saturated heterocycles. The molecular weight excluding hydrogens is 215 g/mol. The number of pyridine rings is 1. The van der Waals surface area contributed by atoms with Gasteiger partial charge in [-0.2, -0.15) is 0 Å². The Kier molecular flexibility index (Phi) is 3.70. The highest BCUT2D eigenvalue weighted by Crippen LogP contribution is 2.25. The van der Waals surface area contributed by atoms with Crippen LogP contribution in [0.3, 0.4) is 0 Å². The highest BCUT2D eigenvalue weighted by molar-refractivity contribution is 5.62. The molecule has 0 amide bonds. The molecule has 17 heavy (non-hydrogen) atoms. The maximum Gasteiger partial charge on any atom is 0.125 e. The van der Waals surface area contributed by atoms with E-state index in [1.807, 2.05) is 18.2 Å². The SMILES string of the molecule is CCCN(c1ccncc1)c1cccc(F)c1. The van der Waals surface area contributed by atoms with Crippen molar-refractivity contribution in [3.05, 3.63) is 54.6 Å². The van der Waals surface area contributed by atoms with Gasteiger partial charge in [0.25, 0.3) is 0 Å². The lowest BCUT2D eigenvalue weighted by molar-refractivity contribution is 0.627. The molecule has 0 N–H and O–H groups in total. The average Bonchev–Trinajstić information content (AvgIpc) is 2.37. The van der Waals surface area contributed by atoms with Crippen molar-refractivity contribution < 1.29 is 4.39 Å². The smallest absolute Gasteiger partial charge is 0.125 e. The van der Waals surface area contributed by atoms with E-state index in [0.29, 0.717) is 0 Å². The van der Waals surface area contributed by atoms with Crippen molar-refractivity contribution in [2.24, 2.45) is 0 Å². The van der Waals surface area contributed by atoms with Crippen LogP contribution in [0.25, 0.3) is 0 Å². The predicted octanol–water partition coefficient (Wildman–Crippen LogP) is 3.77. The second kappa shape index (κ2) is 5.43. The van der Waals surface area contributed by atoms with Crippen LogP contribution in [-0.2, 0) is 0 Å². The van der Waals surface area contributed by atoms with Crippen LogP contribution in [0, 0.1) is 5.82 Å². The topological polar surface area (TPSA) is 16.1 Å². The summed E-state index contributed by atoms with van der Waals surface area (Å²) < 4.78 is 13.2. The van der Waals surface area contributed by atoms with Gasteiger partial charge in [-0.3, -0.25) is 4.98 Å².